The van der Waals surface area contributed by atoms with Crippen molar-refractivity contribution in [3.63, 3.8) is 0 Å². The molecule has 17 heavy (non-hydrogen) atoms. The number of methoxy groups -OCH3 is 1. The zero-order valence-corrected chi connectivity index (χ0v) is 11.8. The van der Waals surface area contributed by atoms with Crippen molar-refractivity contribution < 1.29 is 9.13 Å². The Bertz CT molecular complexity index is 359. The summed E-state index contributed by atoms with van der Waals surface area (Å²) in [6.45, 7) is 2.01. The maximum atomic E-state index is 13.6. The van der Waals surface area contributed by atoms with Gasteiger partial charge in [-0.25, -0.2) is 4.39 Å². The van der Waals surface area contributed by atoms with E-state index >= 15 is 0 Å². The van der Waals surface area contributed by atoms with Crippen LogP contribution in [0, 0.1) is 5.82 Å². The number of benzene rings is 1. The van der Waals surface area contributed by atoms with Crippen LogP contribution in [0.25, 0.3) is 0 Å². The highest BCUT2D eigenvalue weighted by molar-refractivity contribution is 9.10. The molecule has 2 N–H and O–H groups in total. The molecule has 2 atom stereocenters. The van der Waals surface area contributed by atoms with Crippen LogP contribution in [0.1, 0.15) is 25.3 Å². The highest BCUT2D eigenvalue weighted by Gasteiger charge is 2.10. The highest BCUT2D eigenvalue weighted by atomic mass is 79.9. The summed E-state index contributed by atoms with van der Waals surface area (Å²) in [7, 11) is 1.69. The summed E-state index contributed by atoms with van der Waals surface area (Å²) in [6, 6.07) is 5.06. The topological polar surface area (TPSA) is 35.2 Å². The maximum absolute atomic E-state index is 13.6. The minimum atomic E-state index is -0.199. The van der Waals surface area contributed by atoms with Gasteiger partial charge in [-0.2, -0.15) is 0 Å². The zero-order chi connectivity index (χ0) is 12.8. The van der Waals surface area contributed by atoms with Crippen LogP contribution in [0.3, 0.4) is 0 Å². The molecule has 4 heteroatoms. The molecule has 0 amide bonds. The van der Waals surface area contributed by atoms with Gasteiger partial charge in [0.1, 0.15) is 5.82 Å². The fraction of sp³-hybridized carbons (Fsp3) is 0.538. The average Bonchev–Trinajstić information content (AvgIpc) is 2.29. The van der Waals surface area contributed by atoms with Crippen LogP contribution in [0.5, 0.6) is 0 Å². The number of hydrogen-bond donors (Lipinski definition) is 1. The van der Waals surface area contributed by atoms with Crippen LogP contribution in [-0.2, 0) is 11.2 Å². The number of ether oxygens (including phenoxy) is 1. The first-order valence-corrected chi connectivity index (χ1v) is 6.54. The van der Waals surface area contributed by atoms with Gasteiger partial charge < -0.3 is 10.5 Å². The van der Waals surface area contributed by atoms with Crippen LogP contribution in [0.4, 0.5) is 4.39 Å². The van der Waals surface area contributed by atoms with Crippen molar-refractivity contribution in [3.8, 4) is 0 Å². The largest absolute Gasteiger partial charge is 0.382 e. The molecule has 0 spiro atoms. The average molecular weight is 304 g/mol. The quantitative estimate of drug-likeness (QED) is 0.875. The molecule has 1 rings (SSSR count). The second-order valence-corrected chi connectivity index (χ2v) is 5.24. The van der Waals surface area contributed by atoms with Crippen LogP contribution in [-0.4, -0.2) is 19.3 Å². The van der Waals surface area contributed by atoms with E-state index in [1.165, 1.54) is 6.07 Å². The van der Waals surface area contributed by atoms with Crippen molar-refractivity contribution in [2.45, 2.75) is 38.3 Å². The van der Waals surface area contributed by atoms with E-state index < -0.39 is 0 Å². The Morgan fingerprint density at radius 2 is 2.12 bits per heavy atom. The Morgan fingerprint density at radius 3 is 2.71 bits per heavy atom. The molecule has 2 nitrogen and oxygen atoms in total. The van der Waals surface area contributed by atoms with Gasteiger partial charge in [0.25, 0.3) is 0 Å². The monoisotopic (exact) mass is 303 g/mol. The molecule has 0 saturated carbocycles. The third kappa shape index (κ3) is 5.15. The van der Waals surface area contributed by atoms with Gasteiger partial charge in [-0.05, 0) is 43.9 Å². The lowest BCUT2D eigenvalue weighted by atomic mass is 10.0. The Kier molecular flexibility index (Phi) is 6.09. The van der Waals surface area contributed by atoms with Crippen molar-refractivity contribution >= 4 is 15.9 Å². The summed E-state index contributed by atoms with van der Waals surface area (Å²) in [5.41, 5.74) is 6.65. The van der Waals surface area contributed by atoms with E-state index in [4.69, 9.17) is 10.5 Å². The molecule has 0 bridgehead atoms. The molecule has 2 unspecified atom stereocenters. The lowest BCUT2D eigenvalue weighted by Crippen LogP contribution is -2.25. The van der Waals surface area contributed by atoms with Crippen molar-refractivity contribution in [2.75, 3.05) is 7.11 Å². The van der Waals surface area contributed by atoms with Gasteiger partial charge in [-0.15, -0.1) is 0 Å². The minimum absolute atomic E-state index is 0.0247. The first-order chi connectivity index (χ1) is 8.02. The number of halogens is 2. The Labute approximate surface area is 110 Å². The summed E-state index contributed by atoms with van der Waals surface area (Å²) in [5, 5.41) is 0. The first kappa shape index (κ1) is 14.6. The lowest BCUT2D eigenvalue weighted by molar-refractivity contribution is 0.107. The molecule has 96 valence electrons. The highest BCUT2D eigenvalue weighted by Crippen LogP contribution is 2.17. The van der Waals surface area contributed by atoms with Gasteiger partial charge in [-0.3, -0.25) is 0 Å². The molecule has 0 fully saturated rings. The van der Waals surface area contributed by atoms with Gasteiger partial charge in [0.15, 0.2) is 0 Å². The second-order valence-electron chi connectivity index (χ2n) is 4.32. The molecule has 0 radical (unpaired) electrons. The van der Waals surface area contributed by atoms with Crippen LogP contribution in [0.2, 0.25) is 0 Å². The van der Waals surface area contributed by atoms with E-state index in [0.29, 0.717) is 12.0 Å². The molecule has 0 saturated heterocycles. The molecular formula is C13H19BrFNO. The number of rotatable bonds is 6. The minimum Gasteiger partial charge on any atom is -0.382 e. The summed E-state index contributed by atoms with van der Waals surface area (Å²) in [5.74, 6) is -0.199. The summed E-state index contributed by atoms with van der Waals surface area (Å²) in [4.78, 5) is 0. The van der Waals surface area contributed by atoms with E-state index in [9.17, 15) is 4.39 Å². The van der Waals surface area contributed by atoms with Crippen LogP contribution in [0.15, 0.2) is 22.7 Å². The number of hydrogen-bond acceptors (Lipinski definition) is 2. The molecule has 0 heterocycles. The van der Waals surface area contributed by atoms with Gasteiger partial charge in [-0.1, -0.05) is 22.0 Å². The van der Waals surface area contributed by atoms with Gasteiger partial charge in [0.2, 0.25) is 0 Å². The number of nitrogens with two attached hydrogens (primary N) is 1. The smallest absolute Gasteiger partial charge is 0.127 e. The van der Waals surface area contributed by atoms with Crippen molar-refractivity contribution in [2.24, 2.45) is 5.73 Å². The van der Waals surface area contributed by atoms with E-state index in [1.54, 1.807) is 13.2 Å². The Hall–Kier alpha value is -0.450. The van der Waals surface area contributed by atoms with E-state index in [2.05, 4.69) is 15.9 Å². The molecule has 0 aliphatic heterocycles. The van der Waals surface area contributed by atoms with E-state index in [-0.39, 0.29) is 18.0 Å². The molecular weight excluding hydrogens is 285 g/mol. The fourth-order valence-electron chi connectivity index (χ4n) is 1.64. The Morgan fingerprint density at radius 1 is 1.41 bits per heavy atom. The SMILES string of the molecule is COC(C)CCC(N)Cc1ccc(Br)cc1F. The molecule has 0 aliphatic rings. The van der Waals surface area contributed by atoms with Gasteiger partial charge in [0, 0.05) is 17.6 Å². The van der Waals surface area contributed by atoms with E-state index in [1.807, 2.05) is 13.0 Å². The van der Waals surface area contributed by atoms with Gasteiger partial charge in [0.05, 0.1) is 6.10 Å². The van der Waals surface area contributed by atoms with Crippen molar-refractivity contribution in [3.05, 3.63) is 34.1 Å². The predicted octanol–water partition coefficient (Wildman–Crippen LogP) is 3.27. The summed E-state index contributed by atoms with van der Waals surface area (Å²) in [6.07, 6.45) is 2.51. The maximum Gasteiger partial charge on any atom is 0.127 e. The summed E-state index contributed by atoms with van der Waals surface area (Å²) < 4.78 is 19.5. The van der Waals surface area contributed by atoms with Crippen molar-refractivity contribution in [1.29, 1.82) is 0 Å². The molecule has 1 aromatic carbocycles. The molecule has 1 aromatic rings. The third-order valence-corrected chi connectivity index (χ3v) is 3.34. The predicted molar refractivity (Wildman–Crippen MR) is 71.5 cm³/mol. The zero-order valence-electron chi connectivity index (χ0n) is 10.2. The standard InChI is InChI=1S/C13H19BrFNO/c1-9(17-2)3-6-12(16)7-10-4-5-11(14)8-13(10)15/h4-5,8-9,12H,3,6-7,16H2,1-2H3. The third-order valence-electron chi connectivity index (χ3n) is 2.84. The van der Waals surface area contributed by atoms with Crippen molar-refractivity contribution in [1.82, 2.24) is 0 Å². The lowest BCUT2D eigenvalue weighted by Gasteiger charge is -2.15. The van der Waals surface area contributed by atoms with Crippen LogP contribution < -0.4 is 5.73 Å². The molecule has 0 aliphatic carbocycles. The fourth-order valence-corrected chi connectivity index (χ4v) is 1.97. The first-order valence-electron chi connectivity index (χ1n) is 5.75. The second kappa shape index (κ2) is 7.09. The summed E-state index contributed by atoms with van der Waals surface area (Å²) >= 11 is 3.23. The van der Waals surface area contributed by atoms with Gasteiger partial charge >= 0.3 is 0 Å². The normalized spacial score (nSPS) is 14.6. The van der Waals surface area contributed by atoms with E-state index in [0.717, 1.165) is 17.3 Å². The molecule has 0 aromatic heterocycles. The Balaban J connectivity index is 2.47. The van der Waals surface area contributed by atoms with Crippen LogP contribution >= 0.6 is 15.9 Å².